The van der Waals surface area contributed by atoms with Gasteiger partial charge in [0.2, 0.25) is 0 Å². The molecular formula is C31H34FN7O3. The summed E-state index contributed by atoms with van der Waals surface area (Å²) in [4.78, 5) is 15.8. The van der Waals surface area contributed by atoms with Crippen molar-refractivity contribution in [2.75, 3.05) is 20.8 Å². The van der Waals surface area contributed by atoms with Gasteiger partial charge in [-0.1, -0.05) is 18.2 Å². The average Bonchev–Trinajstić information content (AvgIpc) is 3.63. The third-order valence-corrected chi connectivity index (χ3v) is 7.53. The normalized spacial score (nSPS) is 13.2. The van der Waals surface area contributed by atoms with Gasteiger partial charge < -0.3 is 14.8 Å². The number of carbonyl (C=O) groups excluding carboxylic acids is 1. The first-order chi connectivity index (χ1) is 20.3. The van der Waals surface area contributed by atoms with Crippen molar-refractivity contribution in [3.63, 3.8) is 0 Å². The predicted octanol–water partition coefficient (Wildman–Crippen LogP) is 3.98. The van der Waals surface area contributed by atoms with Crippen molar-refractivity contribution < 1.29 is 18.7 Å². The second-order valence-electron chi connectivity index (χ2n) is 10.6. The van der Waals surface area contributed by atoms with Gasteiger partial charge in [0.15, 0.2) is 17.3 Å². The Morgan fingerprint density at radius 1 is 1.17 bits per heavy atom. The summed E-state index contributed by atoms with van der Waals surface area (Å²) in [7, 11) is 2.92. The average molecular weight is 572 g/mol. The maximum Gasteiger partial charge on any atom is 0.255 e. The number of rotatable bonds is 10. The molecule has 0 aliphatic carbocycles. The lowest BCUT2D eigenvalue weighted by molar-refractivity contribution is 0.0945. The highest BCUT2D eigenvalue weighted by Crippen LogP contribution is 2.27. The number of nitrogens with one attached hydrogen (secondary N) is 1. The third kappa shape index (κ3) is 6.05. The van der Waals surface area contributed by atoms with E-state index in [1.54, 1.807) is 30.3 Å². The Kier molecular flexibility index (Phi) is 8.66. The number of fused-ring (bicyclic) bond motifs is 1. The molecule has 0 fully saturated rings. The van der Waals surface area contributed by atoms with Crippen LogP contribution in [0.2, 0.25) is 0 Å². The van der Waals surface area contributed by atoms with Crippen molar-refractivity contribution in [2.24, 2.45) is 0 Å². The molecule has 42 heavy (non-hydrogen) atoms. The molecule has 0 saturated heterocycles. The van der Waals surface area contributed by atoms with E-state index in [1.807, 2.05) is 6.07 Å². The summed E-state index contributed by atoms with van der Waals surface area (Å²) in [5, 5.41) is 20.8. The molecule has 3 heterocycles. The van der Waals surface area contributed by atoms with Crippen LogP contribution in [-0.2, 0) is 37.4 Å². The minimum atomic E-state index is -0.624. The lowest BCUT2D eigenvalue weighted by atomic mass is 9.96. The van der Waals surface area contributed by atoms with E-state index in [0.29, 0.717) is 29.5 Å². The Bertz CT molecular complexity index is 1640. The van der Waals surface area contributed by atoms with E-state index < -0.39 is 11.7 Å². The summed E-state index contributed by atoms with van der Waals surface area (Å²) in [6.07, 6.45) is 4.26. The summed E-state index contributed by atoms with van der Waals surface area (Å²) < 4.78 is 29.0. The van der Waals surface area contributed by atoms with E-state index in [0.717, 1.165) is 25.1 Å². The maximum absolute atomic E-state index is 15.4. The molecule has 4 aromatic rings. The molecule has 10 nitrogen and oxygen atoms in total. The van der Waals surface area contributed by atoms with Gasteiger partial charge in [0.25, 0.3) is 5.91 Å². The van der Waals surface area contributed by atoms with Crippen LogP contribution in [-0.4, -0.2) is 57.2 Å². The van der Waals surface area contributed by atoms with Gasteiger partial charge in [-0.3, -0.25) is 14.4 Å². The Morgan fingerprint density at radius 3 is 2.71 bits per heavy atom. The fourth-order valence-electron chi connectivity index (χ4n) is 5.24. The third-order valence-electron chi connectivity index (χ3n) is 7.53. The van der Waals surface area contributed by atoms with Crippen LogP contribution >= 0.6 is 0 Å². The number of aromatic nitrogens is 4. The van der Waals surface area contributed by atoms with Crippen LogP contribution in [0.25, 0.3) is 5.69 Å². The zero-order chi connectivity index (χ0) is 29.8. The van der Waals surface area contributed by atoms with Crippen LogP contribution in [0, 0.1) is 17.1 Å². The Morgan fingerprint density at radius 2 is 2.00 bits per heavy atom. The minimum Gasteiger partial charge on any atom is -0.494 e. The largest absolute Gasteiger partial charge is 0.494 e. The predicted molar refractivity (Wildman–Crippen MR) is 154 cm³/mol. The van der Waals surface area contributed by atoms with E-state index >= 15 is 4.39 Å². The number of hydrogen-bond acceptors (Lipinski definition) is 7. The van der Waals surface area contributed by atoms with Crippen molar-refractivity contribution in [1.82, 2.24) is 29.8 Å². The number of nitriles is 1. The second-order valence-corrected chi connectivity index (χ2v) is 10.6. The fraction of sp³-hybridized carbons (Fsp3) is 0.355. The van der Waals surface area contributed by atoms with Gasteiger partial charge in [-0.05, 0) is 55.2 Å². The van der Waals surface area contributed by atoms with Crippen molar-refractivity contribution in [2.45, 2.75) is 52.6 Å². The van der Waals surface area contributed by atoms with Gasteiger partial charge in [0.05, 0.1) is 31.5 Å². The monoisotopic (exact) mass is 571 g/mol. The zero-order valence-electron chi connectivity index (χ0n) is 24.2. The first-order valence-electron chi connectivity index (χ1n) is 13.8. The standard InChI is InChI=1S/C31H34FN7O3/c1-20(2)37-11-9-22-13-21(5-6-23(22)17-37)16-38-18-26(27(36-38)19-41-3)31(40)34-15-25-28(7-8-29(42-4)30(25)32)39-12-10-24(14-33)35-39/h5-8,10,12-13,18,20H,9,11,15-17,19H2,1-4H3,(H,34,40). The number of halogens is 1. The number of amides is 1. The van der Waals surface area contributed by atoms with Gasteiger partial charge in [0, 0.05) is 50.7 Å². The number of nitrogens with zero attached hydrogens (tertiary/aromatic N) is 6. The molecule has 0 radical (unpaired) electrons. The highest BCUT2D eigenvalue weighted by molar-refractivity contribution is 5.95. The fourth-order valence-corrected chi connectivity index (χ4v) is 5.24. The number of ether oxygens (including phenoxy) is 2. The van der Waals surface area contributed by atoms with Crippen LogP contribution in [0.4, 0.5) is 4.39 Å². The van der Waals surface area contributed by atoms with Crippen LogP contribution in [0.15, 0.2) is 48.8 Å². The van der Waals surface area contributed by atoms with Crippen LogP contribution in [0.3, 0.4) is 0 Å². The number of carbonyl (C=O) groups is 1. The highest BCUT2D eigenvalue weighted by Gasteiger charge is 2.22. The second kappa shape index (κ2) is 12.5. The van der Waals surface area contributed by atoms with Crippen LogP contribution in [0.5, 0.6) is 5.75 Å². The summed E-state index contributed by atoms with van der Waals surface area (Å²) in [5.74, 6) is -1.01. The van der Waals surface area contributed by atoms with Gasteiger partial charge in [0.1, 0.15) is 11.8 Å². The van der Waals surface area contributed by atoms with E-state index in [-0.39, 0.29) is 30.2 Å². The summed E-state index contributed by atoms with van der Waals surface area (Å²) in [6.45, 7) is 6.93. The maximum atomic E-state index is 15.4. The minimum absolute atomic E-state index is 0.0329. The SMILES string of the molecule is COCc1nn(Cc2ccc3c(c2)CCN(C(C)C)C3)cc1C(=O)NCc1c(-n2ccc(C#N)n2)ccc(OC)c1F. The van der Waals surface area contributed by atoms with E-state index in [2.05, 4.69) is 52.5 Å². The van der Waals surface area contributed by atoms with E-state index in [1.165, 1.54) is 35.1 Å². The summed E-state index contributed by atoms with van der Waals surface area (Å²) in [5.41, 5.74) is 5.37. The molecule has 1 N–H and O–H groups in total. The van der Waals surface area contributed by atoms with Gasteiger partial charge in [-0.2, -0.15) is 15.5 Å². The molecule has 0 saturated carbocycles. The van der Waals surface area contributed by atoms with Gasteiger partial charge in [-0.25, -0.2) is 9.07 Å². The Labute approximate surface area is 244 Å². The molecule has 0 spiro atoms. The van der Waals surface area contributed by atoms with E-state index in [4.69, 9.17) is 14.7 Å². The first-order valence-corrected chi connectivity index (χ1v) is 13.8. The molecule has 0 atom stereocenters. The molecule has 1 aliphatic rings. The highest BCUT2D eigenvalue weighted by atomic mass is 19.1. The van der Waals surface area contributed by atoms with Crippen molar-refractivity contribution in [1.29, 1.82) is 5.26 Å². The molecule has 5 rings (SSSR count). The van der Waals surface area contributed by atoms with Crippen molar-refractivity contribution in [3.8, 4) is 17.5 Å². The molecule has 2 aromatic heterocycles. The number of methoxy groups -OCH3 is 2. The number of benzene rings is 2. The Hall–Kier alpha value is -4.53. The van der Waals surface area contributed by atoms with Crippen molar-refractivity contribution in [3.05, 3.63) is 93.8 Å². The molecule has 2 aromatic carbocycles. The molecule has 0 unspecified atom stereocenters. The van der Waals surface area contributed by atoms with Crippen LogP contribution in [0.1, 0.15) is 57.8 Å². The molecule has 0 bridgehead atoms. The van der Waals surface area contributed by atoms with Gasteiger partial charge >= 0.3 is 0 Å². The van der Waals surface area contributed by atoms with E-state index in [9.17, 15) is 4.79 Å². The number of hydrogen-bond donors (Lipinski definition) is 1. The lowest BCUT2D eigenvalue weighted by Crippen LogP contribution is -2.35. The lowest BCUT2D eigenvalue weighted by Gasteiger charge is -2.32. The summed E-state index contributed by atoms with van der Waals surface area (Å²) >= 11 is 0. The quantitative estimate of drug-likeness (QED) is 0.307. The topological polar surface area (TPSA) is 110 Å². The molecule has 11 heteroatoms. The van der Waals surface area contributed by atoms with Crippen molar-refractivity contribution >= 4 is 5.91 Å². The molecule has 1 amide bonds. The summed E-state index contributed by atoms with van der Waals surface area (Å²) in [6, 6.07) is 13.6. The first kappa shape index (κ1) is 29.0. The van der Waals surface area contributed by atoms with Crippen LogP contribution < -0.4 is 10.1 Å². The molecular weight excluding hydrogens is 537 g/mol. The Balaban J connectivity index is 1.35. The van der Waals surface area contributed by atoms with Gasteiger partial charge in [-0.15, -0.1) is 0 Å². The molecule has 218 valence electrons. The zero-order valence-corrected chi connectivity index (χ0v) is 24.2. The molecule has 1 aliphatic heterocycles. The smallest absolute Gasteiger partial charge is 0.255 e.